The summed E-state index contributed by atoms with van der Waals surface area (Å²) < 4.78 is 197. The van der Waals surface area contributed by atoms with E-state index in [0.717, 1.165) is 37.5 Å². The zero-order valence-electron chi connectivity index (χ0n) is 34.9. The Balaban J connectivity index is 1.63. The van der Waals surface area contributed by atoms with Crippen molar-refractivity contribution in [3.05, 3.63) is 106 Å². The highest BCUT2D eigenvalue weighted by Crippen LogP contribution is 2.56. The van der Waals surface area contributed by atoms with E-state index in [1.165, 1.54) is 32.0 Å². The van der Waals surface area contributed by atoms with Crippen LogP contribution in [0.3, 0.4) is 0 Å². The Morgan fingerprint density at radius 3 is 2.15 bits per heavy atom. The minimum absolute atomic E-state index is 0.171. The molecule has 0 fully saturated rings. The van der Waals surface area contributed by atoms with Crippen LogP contribution in [0.5, 0.6) is 0 Å². The van der Waals surface area contributed by atoms with Crippen LogP contribution in [0.25, 0.3) is 22.0 Å². The van der Waals surface area contributed by atoms with Gasteiger partial charge in [0.25, 0.3) is 5.92 Å². The number of amides is 1. The molecule has 3 heterocycles. The molecule has 1 aliphatic rings. The van der Waals surface area contributed by atoms with Gasteiger partial charge in [0.2, 0.25) is 15.9 Å². The molecule has 0 radical (unpaired) electrons. The molecule has 5 aromatic rings. The molecule has 3 atom stereocenters. The summed E-state index contributed by atoms with van der Waals surface area (Å²) in [4.78, 5) is 18.6. The van der Waals surface area contributed by atoms with Gasteiger partial charge in [-0.15, -0.1) is 6.58 Å². The number of nitrogens with zero attached hydrogens (tertiary/aromatic N) is 5. The maximum absolute atomic E-state index is 15.8. The van der Waals surface area contributed by atoms with Crippen LogP contribution >= 0.6 is 11.6 Å². The van der Waals surface area contributed by atoms with E-state index in [1.54, 1.807) is 0 Å². The third kappa shape index (κ3) is 10.2. The lowest BCUT2D eigenvalue weighted by Gasteiger charge is -2.24. The van der Waals surface area contributed by atoms with E-state index in [0.29, 0.717) is 17.0 Å². The highest BCUT2D eigenvalue weighted by Gasteiger charge is 2.58. The Kier molecular flexibility index (Phi) is 13.0. The molecule has 2 aromatic carbocycles. The standard InChI is InChI=1S/C41H36ClF10N7O5S2/c1-7-25-20(2)40(48,49)36-31(25)35(41(50,51)52)55-58(36)18-30(60)54-29(16-21-14-22(43)17-23(44)15-21)33-26(9-8-24(53-33)12-13-38(3,4)65(5,61)62)27-10-11-28(42)32-34(27)59(19-39(45,46)47)56-37(32)57-66(6,63)64/h7-11,14-15,17,20,25,29H,1,16,18-19H2,2-6H3,(H,54,60)(H,56,57)/t20-,25+,29+/m1/s1. The number of aromatic nitrogens is 5. The quantitative estimate of drug-likeness (QED) is 0.0717. The minimum atomic E-state index is -5.28. The van der Waals surface area contributed by atoms with E-state index in [2.05, 4.69) is 38.9 Å². The third-order valence-corrected chi connectivity index (χ3v) is 13.5. The number of carbonyl (C=O) groups is 1. The van der Waals surface area contributed by atoms with Gasteiger partial charge in [0, 0.05) is 40.8 Å². The fourth-order valence-corrected chi connectivity index (χ4v) is 8.38. The molecular weight excluding hydrogens is 960 g/mol. The zero-order valence-corrected chi connectivity index (χ0v) is 37.3. The number of benzene rings is 2. The number of pyridine rings is 1. The van der Waals surface area contributed by atoms with Gasteiger partial charge >= 0.3 is 12.4 Å². The first kappa shape index (κ1) is 49.8. The predicted molar refractivity (Wildman–Crippen MR) is 222 cm³/mol. The second-order valence-corrected chi connectivity index (χ2v) is 20.7. The van der Waals surface area contributed by atoms with Crippen LogP contribution in [0.15, 0.2) is 55.1 Å². The molecule has 0 saturated heterocycles. The Morgan fingerprint density at radius 1 is 0.970 bits per heavy atom. The fourth-order valence-electron chi connectivity index (χ4n) is 7.41. The molecule has 3 aromatic heterocycles. The molecule has 25 heteroatoms. The molecular formula is C41H36ClF10N7O5S2. The van der Waals surface area contributed by atoms with Crippen molar-refractivity contribution in [3.8, 4) is 23.0 Å². The topological polar surface area (TPSA) is 158 Å². The summed E-state index contributed by atoms with van der Waals surface area (Å²) >= 11 is 6.47. The van der Waals surface area contributed by atoms with Crippen LogP contribution in [0.1, 0.15) is 66.6 Å². The minimum Gasteiger partial charge on any atom is -0.346 e. The van der Waals surface area contributed by atoms with Crippen molar-refractivity contribution in [1.82, 2.24) is 29.9 Å². The molecule has 0 saturated carbocycles. The lowest BCUT2D eigenvalue weighted by molar-refractivity contribution is -0.143. The normalized spacial score (nSPS) is 17.0. The third-order valence-electron chi connectivity index (χ3n) is 10.7. The first-order chi connectivity index (χ1) is 30.2. The maximum Gasteiger partial charge on any atom is 0.435 e. The lowest BCUT2D eigenvalue weighted by Crippen LogP contribution is -2.35. The number of sulfone groups is 1. The molecule has 0 spiro atoms. The first-order valence-corrected chi connectivity index (χ1v) is 23.3. The Hall–Kier alpha value is -5.67. The van der Waals surface area contributed by atoms with Crippen molar-refractivity contribution < 1.29 is 65.5 Å². The average Bonchev–Trinajstić information content (AvgIpc) is 3.76. The van der Waals surface area contributed by atoms with Gasteiger partial charge < -0.3 is 5.32 Å². The number of halogens is 11. The van der Waals surface area contributed by atoms with E-state index < -0.39 is 132 Å². The van der Waals surface area contributed by atoms with E-state index >= 15 is 8.78 Å². The molecule has 1 aliphatic carbocycles. The summed E-state index contributed by atoms with van der Waals surface area (Å²) in [5.74, 6) is -6.36. The zero-order chi connectivity index (χ0) is 49.3. The monoisotopic (exact) mass is 995 g/mol. The van der Waals surface area contributed by atoms with Crippen molar-refractivity contribution >= 4 is 54.1 Å². The summed E-state index contributed by atoms with van der Waals surface area (Å²) in [7, 11) is -8.08. The van der Waals surface area contributed by atoms with E-state index in [1.807, 2.05) is 4.72 Å². The van der Waals surface area contributed by atoms with Crippen LogP contribution < -0.4 is 10.0 Å². The second kappa shape index (κ2) is 17.2. The maximum atomic E-state index is 15.8. The van der Waals surface area contributed by atoms with Gasteiger partial charge in [-0.25, -0.2) is 30.6 Å². The van der Waals surface area contributed by atoms with E-state index in [-0.39, 0.29) is 37.5 Å². The number of nitrogens with one attached hydrogen (secondary N) is 2. The smallest absolute Gasteiger partial charge is 0.346 e. The van der Waals surface area contributed by atoms with Crippen molar-refractivity contribution in [2.75, 3.05) is 17.2 Å². The van der Waals surface area contributed by atoms with Crippen molar-refractivity contribution in [1.29, 1.82) is 0 Å². The molecule has 0 unspecified atom stereocenters. The lowest BCUT2D eigenvalue weighted by atomic mass is 9.92. The molecule has 354 valence electrons. The first-order valence-electron chi connectivity index (χ1n) is 19.1. The largest absolute Gasteiger partial charge is 0.435 e. The number of carbonyl (C=O) groups excluding carboxylic acids is 1. The van der Waals surface area contributed by atoms with Gasteiger partial charge in [-0.05, 0) is 62.1 Å². The van der Waals surface area contributed by atoms with Crippen LogP contribution in [0.2, 0.25) is 5.02 Å². The number of hydrogen-bond acceptors (Lipinski definition) is 8. The number of allylic oxidation sites excluding steroid dienone is 1. The number of rotatable bonds is 12. The highest BCUT2D eigenvalue weighted by molar-refractivity contribution is 7.92. The van der Waals surface area contributed by atoms with Gasteiger partial charge in [-0.3, -0.25) is 18.9 Å². The average molecular weight is 996 g/mol. The number of fused-ring (bicyclic) bond motifs is 2. The Morgan fingerprint density at radius 2 is 1.59 bits per heavy atom. The van der Waals surface area contributed by atoms with Crippen molar-refractivity contribution in [3.63, 3.8) is 0 Å². The summed E-state index contributed by atoms with van der Waals surface area (Å²) in [5, 5.41) is 9.00. The summed E-state index contributed by atoms with van der Waals surface area (Å²) in [6, 6.07) is 5.15. The van der Waals surface area contributed by atoms with Crippen LogP contribution in [-0.4, -0.2) is 70.7 Å². The summed E-state index contributed by atoms with van der Waals surface area (Å²) in [6.07, 6.45) is -8.45. The van der Waals surface area contributed by atoms with Crippen LogP contribution in [0.4, 0.5) is 49.7 Å². The van der Waals surface area contributed by atoms with Gasteiger partial charge in [0.1, 0.15) is 40.9 Å². The predicted octanol–water partition coefficient (Wildman–Crippen LogP) is 8.47. The van der Waals surface area contributed by atoms with Gasteiger partial charge in [0.15, 0.2) is 21.3 Å². The van der Waals surface area contributed by atoms with Gasteiger partial charge in [-0.1, -0.05) is 36.6 Å². The van der Waals surface area contributed by atoms with Gasteiger partial charge in [0.05, 0.1) is 33.9 Å². The SMILES string of the molecule is C=C[C@@H]1c2c(C(F)(F)F)nn(CC(=O)N[C@@H](Cc3cc(F)cc(F)c3)c3nc(C#CC(C)(C)S(C)(=O)=O)ccc3-c3ccc(Cl)c4c(NS(C)(=O)=O)nn(CC(F)(F)F)c34)c2C(F)(F)[C@@H]1C. The van der Waals surface area contributed by atoms with Gasteiger partial charge in [-0.2, -0.15) is 45.3 Å². The molecule has 66 heavy (non-hydrogen) atoms. The molecule has 0 bridgehead atoms. The number of hydrogen-bond donors (Lipinski definition) is 2. The van der Waals surface area contributed by atoms with E-state index in [4.69, 9.17) is 11.6 Å². The number of anilines is 1. The van der Waals surface area contributed by atoms with Crippen molar-refractivity contribution in [2.45, 2.75) is 75.3 Å². The Labute approximate surface area is 375 Å². The molecule has 1 amide bonds. The summed E-state index contributed by atoms with van der Waals surface area (Å²) in [5.41, 5.74) is -5.62. The number of sulfonamides is 1. The van der Waals surface area contributed by atoms with Crippen molar-refractivity contribution in [2.24, 2.45) is 5.92 Å². The summed E-state index contributed by atoms with van der Waals surface area (Å²) in [6.45, 7) is 3.76. The molecule has 0 aliphatic heterocycles. The highest BCUT2D eigenvalue weighted by atomic mass is 35.5. The van der Waals surface area contributed by atoms with Crippen LogP contribution in [-0.2, 0) is 56.3 Å². The molecule has 6 rings (SSSR count). The fraction of sp³-hybridized carbons (Fsp3) is 0.366. The molecule has 2 N–H and O–H groups in total. The Bertz CT molecular complexity index is 3060. The number of alkyl halides is 8. The van der Waals surface area contributed by atoms with E-state index in [9.17, 15) is 56.8 Å². The van der Waals surface area contributed by atoms with Crippen LogP contribution in [0, 0.1) is 29.4 Å². The molecule has 12 nitrogen and oxygen atoms in total. The second-order valence-electron chi connectivity index (χ2n) is 16.0.